The lowest BCUT2D eigenvalue weighted by Gasteiger charge is -2.31. The Bertz CT molecular complexity index is 395. The number of hydrogen-bond acceptors (Lipinski definition) is 2. The standard InChI is InChI=1S/C12H12O2/c1-3-12(2)8-9-6-4-5-7-10(9)11(13)14-12/h3-7H,1,8H2,2H3. The summed E-state index contributed by atoms with van der Waals surface area (Å²) in [5.41, 5.74) is 1.16. The number of carbonyl (C=O) groups is 1. The van der Waals surface area contributed by atoms with Gasteiger partial charge in [0.2, 0.25) is 0 Å². The molecule has 0 amide bonds. The monoisotopic (exact) mass is 188 g/mol. The minimum Gasteiger partial charge on any atom is -0.451 e. The van der Waals surface area contributed by atoms with Gasteiger partial charge in [-0.25, -0.2) is 4.79 Å². The van der Waals surface area contributed by atoms with E-state index in [2.05, 4.69) is 6.58 Å². The summed E-state index contributed by atoms with van der Waals surface area (Å²) in [5.74, 6) is -0.255. The summed E-state index contributed by atoms with van der Waals surface area (Å²) in [4.78, 5) is 11.6. The van der Waals surface area contributed by atoms with Crippen molar-refractivity contribution >= 4 is 5.97 Å². The maximum Gasteiger partial charge on any atom is 0.339 e. The van der Waals surface area contributed by atoms with Gasteiger partial charge in [-0.2, -0.15) is 0 Å². The number of fused-ring (bicyclic) bond motifs is 1. The number of carbonyl (C=O) groups excluding carboxylic acids is 1. The first-order valence-electron chi connectivity index (χ1n) is 4.59. The predicted molar refractivity (Wildman–Crippen MR) is 54.2 cm³/mol. The minimum atomic E-state index is -0.550. The average molecular weight is 188 g/mol. The van der Waals surface area contributed by atoms with Crippen LogP contribution in [0.4, 0.5) is 0 Å². The van der Waals surface area contributed by atoms with E-state index in [1.807, 2.05) is 25.1 Å². The first-order chi connectivity index (χ1) is 6.64. The lowest BCUT2D eigenvalue weighted by molar-refractivity contribution is 0.00578. The van der Waals surface area contributed by atoms with Crippen molar-refractivity contribution in [1.29, 1.82) is 0 Å². The molecular formula is C12H12O2. The maximum atomic E-state index is 11.6. The quantitative estimate of drug-likeness (QED) is 0.499. The highest BCUT2D eigenvalue weighted by Crippen LogP contribution is 2.28. The second-order valence-electron chi connectivity index (χ2n) is 3.74. The van der Waals surface area contributed by atoms with Gasteiger partial charge in [-0.3, -0.25) is 0 Å². The second kappa shape index (κ2) is 2.98. The van der Waals surface area contributed by atoms with Crippen molar-refractivity contribution in [2.24, 2.45) is 0 Å². The van der Waals surface area contributed by atoms with E-state index in [-0.39, 0.29) is 5.97 Å². The average Bonchev–Trinajstić information content (AvgIpc) is 2.18. The number of cyclic esters (lactones) is 1. The van der Waals surface area contributed by atoms with Gasteiger partial charge in [-0.05, 0) is 24.6 Å². The lowest BCUT2D eigenvalue weighted by atomic mass is 9.90. The molecule has 1 aliphatic rings. The van der Waals surface area contributed by atoms with E-state index < -0.39 is 5.60 Å². The number of ether oxygens (including phenoxy) is 1. The minimum absolute atomic E-state index is 0.255. The van der Waals surface area contributed by atoms with Crippen molar-refractivity contribution in [3.63, 3.8) is 0 Å². The van der Waals surface area contributed by atoms with Crippen molar-refractivity contribution in [2.45, 2.75) is 18.9 Å². The Balaban J connectivity index is 2.48. The molecule has 1 atom stereocenters. The van der Waals surface area contributed by atoms with Crippen LogP contribution < -0.4 is 0 Å². The molecule has 72 valence electrons. The molecule has 1 heterocycles. The zero-order chi connectivity index (χ0) is 10.2. The van der Waals surface area contributed by atoms with Gasteiger partial charge in [0.05, 0.1) is 5.56 Å². The number of benzene rings is 1. The zero-order valence-corrected chi connectivity index (χ0v) is 8.12. The van der Waals surface area contributed by atoms with Crippen LogP contribution in [0.1, 0.15) is 22.8 Å². The molecule has 0 radical (unpaired) electrons. The number of esters is 1. The fourth-order valence-corrected chi connectivity index (χ4v) is 1.67. The topological polar surface area (TPSA) is 26.3 Å². The fraction of sp³-hybridized carbons (Fsp3) is 0.250. The highest BCUT2D eigenvalue weighted by Gasteiger charge is 2.33. The van der Waals surface area contributed by atoms with Gasteiger partial charge < -0.3 is 4.74 Å². The van der Waals surface area contributed by atoms with Gasteiger partial charge in [0, 0.05) is 6.42 Å². The number of hydrogen-bond donors (Lipinski definition) is 0. The molecule has 2 nitrogen and oxygen atoms in total. The van der Waals surface area contributed by atoms with Crippen molar-refractivity contribution in [2.75, 3.05) is 0 Å². The number of rotatable bonds is 1. The molecule has 2 heteroatoms. The summed E-state index contributed by atoms with van der Waals surface area (Å²) in [5, 5.41) is 0. The summed E-state index contributed by atoms with van der Waals surface area (Å²) < 4.78 is 5.29. The summed E-state index contributed by atoms with van der Waals surface area (Å²) in [6, 6.07) is 7.52. The van der Waals surface area contributed by atoms with Crippen molar-refractivity contribution < 1.29 is 9.53 Å². The highest BCUT2D eigenvalue weighted by molar-refractivity contribution is 5.92. The summed E-state index contributed by atoms with van der Waals surface area (Å²) >= 11 is 0. The van der Waals surface area contributed by atoms with E-state index >= 15 is 0 Å². The van der Waals surface area contributed by atoms with Crippen LogP contribution in [0, 0.1) is 0 Å². The van der Waals surface area contributed by atoms with Crippen molar-refractivity contribution in [1.82, 2.24) is 0 Å². The van der Waals surface area contributed by atoms with Crippen LogP contribution in [0.2, 0.25) is 0 Å². The molecule has 0 bridgehead atoms. The molecule has 0 aliphatic carbocycles. The third kappa shape index (κ3) is 1.33. The predicted octanol–water partition coefficient (Wildman–Crippen LogP) is 2.34. The van der Waals surface area contributed by atoms with Crippen molar-refractivity contribution in [3.8, 4) is 0 Å². The molecule has 0 N–H and O–H groups in total. The Morgan fingerprint density at radius 3 is 2.93 bits per heavy atom. The first-order valence-corrected chi connectivity index (χ1v) is 4.59. The summed E-state index contributed by atoms with van der Waals surface area (Å²) in [7, 11) is 0. The van der Waals surface area contributed by atoms with Crippen LogP contribution in [0.5, 0.6) is 0 Å². The molecule has 14 heavy (non-hydrogen) atoms. The van der Waals surface area contributed by atoms with Crippen molar-refractivity contribution in [3.05, 3.63) is 48.0 Å². The van der Waals surface area contributed by atoms with Gasteiger partial charge in [0.1, 0.15) is 5.60 Å². The van der Waals surface area contributed by atoms with E-state index in [0.717, 1.165) is 5.56 Å². The molecule has 1 aliphatic heterocycles. The third-order valence-corrected chi connectivity index (χ3v) is 2.54. The molecule has 1 unspecified atom stereocenters. The van der Waals surface area contributed by atoms with Gasteiger partial charge in [0.15, 0.2) is 0 Å². The Morgan fingerprint density at radius 2 is 2.21 bits per heavy atom. The zero-order valence-electron chi connectivity index (χ0n) is 8.12. The normalized spacial score (nSPS) is 25.1. The molecule has 1 aromatic rings. The lowest BCUT2D eigenvalue weighted by Crippen LogP contribution is -2.36. The van der Waals surface area contributed by atoms with E-state index in [0.29, 0.717) is 12.0 Å². The molecule has 0 aromatic heterocycles. The molecule has 1 aromatic carbocycles. The molecule has 0 saturated heterocycles. The van der Waals surface area contributed by atoms with E-state index in [1.165, 1.54) is 0 Å². The Morgan fingerprint density at radius 1 is 1.50 bits per heavy atom. The Labute approximate surface area is 83.2 Å². The van der Waals surface area contributed by atoms with Crippen LogP contribution in [0.15, 0.2) is 36.9 Å². The van der Waals surface area contributed by atoms with Crippen LogP contribution in [0.25, 0.3) is 0 Å². The molecule has 2 rings (SSSR count). The maximum absolute atomic E-state index is 11.6. The molecule has 0 fully saturated rings. The van der Waals surface area contributed by atoms with Gasteiger partial charge in [0.25, 0.3) is 0 Å². The Kier molecular flexibility index (Phi) is 1.92. The van der Waals surface area contributed by atoms with Gasteiger partial charge in [-0.1, -0.05) is 24.8 Å². The molecule has 0 saturated carbocycles. The Hall–Kier alpha value is -1.57. The van der Waals surface area contributed by atoms with Crippen LogP contribution >= 0.6 is 0 Å². The van der Waals surface area contributed by atoms with Crippen LogP contribution in [0.3, 0.4) is 0 Å². The van der Waals surface area contributed by atoms with Gasteiger partial charge in [-0.15, -0.1) is 0 Å². The van der Waals surface area contributed by atoms with E-state index in [1.54, 1.807) is 12.1 Å². The second-order valence-corrected chi connectivity index (χ2v) is 3.74. The first kappa shape index (κ1) is 9.00. The van der Waals surface area contributed by atoms with E-state index in [9.17, 15) is 4.79 Å². The largest absolute Gasteiger partial charge is 0.451 e. The van der Waals surface area contributed by atoms with Crippen LogP contribution in [-0.2, 0) is 11.2 Å². The SMILES string of the molecule is C=CC1(C)Cc2ccccc2C(=O)O1. The van der Waals surface area contributed by atoms with Crippen LogP contribution in [-0.4, -0.2) is 11.6 Å². The molecule has 0 spiro atoms. The third-order valence-electron chi connectivity index (χ3n) is 2.54. The van der Waals surface area contributed by atoms with Gasteiger partial charge >= 0.3 is 5.97 Å². The highest BCUT2D eigenvalue weighted by atomic mass is 16.6. The molecular weight excluding hydrogens is 176 g/mol. The summed E-state index contributed by atoms with van der Waals surface area (Å²) in [6.45, 7) is 5.56. The smallest absolute Gasteiger partial charge is 0.339 e. The fourth-order valence-electron chi connectivity index (χ4n) is 1.67. The summed E-state index contributed by atoms with van der Waals surface area (Å²) in [6.07, 6.45) is 2.39. The van der Waals surface area contributed by atoms with E-state index in [4.69, 9.17) is 4.74 Å².